The highest BCUT2D eigenvalue weighted by atomic mass is 32.2. The molecule has 1 aromatic heterocycles. The zero-order chi connectivity index (χ0) is 16.2. The molecule has 0 aliphatic heterocycles. The second-order valence-corrected chi connectivity index (χ2v) is 6.67. The van der Waals surface area contributed by atoms with Gasteiger partial charge in [0.25, 0.3) is 0 Å². The van der Waals surface area contributed by atoms with E-state index in [0.717, 1.165) is 17.7 Å². The van der Waals surface area contributed by atoms with E-state index >= 15 is 0 Å². The monoisotopic (exact) mass is 324 g/mol. The van der Waals surface area contributed by atoms with Crippen LogP contribution >= 0.6 is 0 Å². The van der Waals surface area contributed by atoms with Crippen molar-refractivity contribution in [3.63, 3.8) is 0 Å². The molecule has 0 unspecified atom stereocenters. The number of aromatic nitrogens is 1. The zero-order valence-corrected chi connectivity index (χ0v) is 13.7. The first kappa shape index (κ1) is 16.5. The Labute approximate surface area is 130 Å². The number of sulfonamides is 1. The first-order chi connectivity index (χ1) is 10.5. The van der Waals surface area contributed by atoms with Gasteiger partial charge in [0.15, 0.2) is 5.76 Å². The molecule has 0 spiro atoms. The Morgan fingerprint density at radius 2 is 2.00 bits per heavy atom. The van der Waals surface area contributed by atoms with Gasteiger partial charge in [-0.25, -0.2) is 13.1 Å². The molecule has 0 amide bonds. The quantitative estimate of drug-likeness (QED) is 0.790. The average molecular weight is 324 g/mol. The Kier molecular flexibility index (Phi) is 5.20. The van der Waals surface area contributed by atoms with Gasteiger partial charge in [-0.05, 0) is 38.3 Å². The van der Waals surface area contributed by atoms with E-state index < -0.39 is 10.0 Å². The topological polar surface area (TPSA) is 81.4 Å². The molecule has 0 saturated carbocycles. The number of aryl methyl sites for hydroxylation is 3. The first-order valence-corrected chi connectivity index (χ1v) is 8.48. The van der Waals surface area contributed by atoms with Crippen molar-refractivity contribution < 1.29 is 17.7 Å². The standard InChI is InChI=1S/C15H20N2O4S/c1-11-15(12(2)21-17-11)22(18,19)16-10-6-8-13-7-4-5-9-14(13)20-3/h4-5,7,9,16H,6,8,10H2,1-3H3. The third kappa shape index (κ3) is 3.66. The minimum absolute atomic E-state index is 0.129. The smallest absolute Gasteiger partial charge is 0.245 e. The molecule has 6 nitrogen and oxygen atoms in total. The van der Waals surface area contributed by atoms with Crippen LogP contribution in [0.15, 0.2) is 33.7 Å². The summed E-state index contributed by atoms with van der Waals surface area (Å²) in [5.74, 6) is 1.12. The molecule has 0 aliphatic rings. The Morgan fingerprint density at radius 3 is 2.64 bits per heavy atom. The van der Waals surface area contributed by atoms with Crippen molar-refractivity contribution in [3.8, 4) is 5.75 Å². The molecular weight excluding hydrogens is 304 g/mol. The molecule has 2 rings (SSSR count). The SMILES string of the molecule is COc1ccccc1CCCNS(=O)(=O)c1c(C)noc1C. The van der Waals surface area contributed by atoms with E-state index in [1.54, 1.807) is 21.0 Å². The molecule has 0 saturated heterocycles. The average Bonchev–Trinajstić information content (AvgIpc) is 2.84. The predicted octanol–water partition coefficient (Wildman–Crippen LogP) is 2.21. The molecule has 0 radical (unpaired) electrons. The van der Waals surface area contributed by atoms with Gasteiger partial charge >= 0.3 is 0 Å². The van der Waals surface area contributed by atoms with Gasteiger partial charge in [-0.2, -0.15) is 0 Å². The van der Waals surface area contributed by atoms with Crippen LogP contribution in [0.3, 0.4) is 0 Å². The fraction of sp³-hybridized carbons (Fsp3) is 0.400. The lowest BCUT2D eigenvalue weighted by atomic mass is 10.1. The second kappa shape index (κ2) is 6.93. The minimum atomic E-state index is -3.59. The Balaban J connectivity index is 1.94. The molecule has 7 heteroatoms. The van der Waals surface area contributed by atoms with Gasteiger partial charge in [-0.15, -0.1) is 0 Å². The van der Waals surface area contributed by atoms with E-state index in [1.807, 2.05) is 24.3 Å². The third-order valence-electron chi connectivity index (χ3n) is 3.34. The summed E-state index contributed by atoms with van der Waals surface area (Å²) in [4.78, 5) is 0.129. The number of ether oxygens (including phenoxy) is 1. The van der Waals surface area contributed by atoms with Gasteiger partial charge < -0.3 is 9.26 Å². The fourth-order valence-electron chi connectivity index (χ4n) is 2.33. The molecule has 0 fully saturated rings. The summed E-state index contributed by atoms with van der Waals surface area (Å²) in [5, 5.41) is 3.67. The molecular formula is C15H20N2O4S. The molecule has 1 aromatic carbocycles. The molecule has 0 atom stereocenters. The highest BCUT2D eigenvalue weighted by Crippen LogP contribution is 2.20. The van der Waals surface area contributed by atoms with Gasteiger partial charge in [0.2, 0.25) is 10.0 Å². The van der Waals surface area contributed by atoms with Crippen LogP contribution in [0.5, 0.6) is 5.75 Å². The molecule has 0 bridgehead atoms. The molecule has 120 valence electrons. The van der Waals surface area contributed by atoms with E-state index in [9.17, 15) is 8.42 Å². The van der Waals surface area contributed by atoms with Crippen LogP contribution in [0.1, 0.15) is 23.4 Å². The summed E-state index contributed by atoms with van der Waals surface area (Å²) >= 11 is 0. The Hall–Kier alpha value is -1.86. The number of rotatable bonds is 7. The van der Waals surface area contributed by atoms with Crippen molar-refractivity contribution in [3.05, 3.63) is 41.3 Å². The first-order valence-electron chi connectivity index (χ1n) is 7.00. The molecule has 1 N–H and O–H groups in total. The molecule has 22 heavy (non-hydrogen) atoms. The van der Waals surface area contributed by atoms with Crippen LogP contribution in [0.2, 0.25) is 0 Å². The van der Waals surface area contributed by atoms with Crippen molar-refractivity contribution in [2.75, 3.05) is 13.7 Å². The van der Waals surface area contributed by atoms with Gasteiger partial charge in [-0.3, -0.25) is 0 Å². The number of benzene rings is 1. The van der Waals surface area contributed by atoms with Crippen LogP contribution in [0, 0.1) is 13.8 Å². The Bertz CT molecular complexity index is 718. The number of methoxy groups -OCH3 is 1. The predicted molar refractivity (Wildman–Crippen MR) is 82.5 cm³/mol. The van der Waals surface area contributed by atoms with E-state index in [2.05, 4.69) is 9.88 Å². The lowest BCUT2D eigenvalue weighted by Gasteiger charge is -2.09. The van der Waals surface area contributed by atoms with Crippen molar-refractivity contribution in [1.82, 2.24) is 9.88 Å². The van der Waals surface area contributed by atoms with Gasteiger partial charge in [0.05, 0.1) is 7.11 Å². The number of para-hydroxylation sites is 1. The van der Waals surface area contributed by atoms with E-state index in [4.69, 9.17) is 9.26 Å². The number of hydrogen-bond donors (Lipinski definition) is 1. The highest BCUT2D eigenvalue weighted by molar-refractivity contribution is 7.89. The van der Waals surface area contributed by atoms with Crippen LogP contribution in [-0.2, 0) is 16.4 Å². The summed E-state index contributed by atoms with van der Waals surface area (Å²) in [6.45, 7) is 3.54. The number of nitrogens with one attached hydrogen (secondary N) is 1. The maximum Gasteiger partial charge on any atom is 0.245 e. The van der Waals surface area contributed by atoms with E-state index in [1.165, 1.54) is 0 Å². The zero-order valence-electron chi connectivity index (χ0n) is 12.9. The van der Waals surface area contributed by atoms with Crippen molar-refractivity contribution in [2.24, 2.45) is 0 Å². The lowest BCUT2D eigenvalue weighted by Crippen LogP contribution is -2.26. The van der Waals surface area contributed by atoms with Crippen LogP contribution in [0.25, 0.3) is 0 Å². The Morgan fingerprint density at radius 1 is 1.27 bits per heavy atom. The third-order valence-corrected chi connectivity index (χ3v) is 5.05. The normalized spacial score (nSPS) is 11.6. The molecule has 0 aliphatic carbocycles. The van der Waals surface area contributed by atoms with E-state index in [0.29, 0.717) is 24.4 Å². The van der Waals surface area contributed by atoms with Gasteiger partial charge in [0, 0.05) is 6.54 Å². The van der Waals surface area contributed by atoms with Gasteiger partial charge in [0.1, 0.15) is 16.3 Å². The maximum atomic E-state index is 12.2. The lowest BCUT2D eigenvalue weighted by molar-refractivity contribution is 0.390. The van der Waals surface area contributed by atoms with Crippen molar-refractivity contribution >= 4 is 10.0 Å². The van der Waals surface area contributed by atoms with Crippen LogP contribution in [-0.4, -0.2) is 27.2 Å². The van der Waals surface area contributed by atoms with Crippen LogP contribution < -0.4 is 9.46 Å². The van der Waals surface area contributed by atoms with E-state index in [-0.39, 0.29) is 4.90 Å². The number of nitrogens with zero attached hydrogens (tertiary/aromatic N) is 1. The molecule has 1 heterocycles. The fourth-order valence-corrected chi connectivity index (χ4v) is 3.72. The highest BCUT2D eigenvalue weighted by Gasteiger charge is 2.23. The summed E-state index contributed by atoms with van der Waals surface area (Å²) in [5.41, 5.74) is 1.43. The van der Waals surface area contributed by atoms with Crippen molar-refractivity contribution in [1.29, 1.82) is 0 Å². The maximum absolute atomic E-state index is 12.2. The molecule has 2 aromatic rings. The number of hydrogen-bond acceptors (Lipinski definition) is 5. The summed E-state index contributed by atoms with van der Waals surface area (Å²) in [6, 6.07) is 7.71. The minimum Gasteiger partial charge on any atom is -0.496 e. The van der Waals surface area contributed by atoms with Crippen molar-refractivity contribution in [2.45, 2.75) is 31.6 Å². The second-order valence-electron chi connectivity index (χ2n) is 4.97. The van der Waals surface area contributed by atoms with Gasteiger partial charge in [-0.1, -0.05) is 23.4 Å². The summed E-state index contributed by atoms with van der Waals surface area (Å²) in [7, 11) is -1.96. The summed E-state index contributed by atoms with van der Waals surface area (Å²) < 4.78 is 37.2. The van der Waals surface area contributed by atoms with Crippen LogP contribution in [0.4, 0.5) is 0 Å². The summed E-state index contributed by atoms with van der Waals surface area (Å²) in [6.07, 6.45) is 1.40. The largest absolute Gasteiger partial charge is 0.496 e.